The Kier molecular flexibility index (Phi) is 3.91. The SMILES string of the molecule is Cc1nc2ccccc2n(CC(=O)NCCN)c1=O. The summed E-state index contributed by atoms with van der Waals surface area (Å²) in [7, 11) is 0. The van der Waals surface area contributed by atoms with Crippen molar-refractivity contribution < 1.29 is 4.79 Å². The maximum atomic E-state index is 12.1. The highest BCUT2D eigenvalue weighted by Crippen LogP contribution is 2.09. The van der Waals surface area contributed by atoms with Crippen LogP contribution in [-0.4, -0.2) is 28.5 Å². The van der Waals surface area contributed by atoms with Crippen LogP contribution in [0.25, 0.3) is 11.0 Å². The Bertz CT molecular complexity index is 663. The molecule has 0 aliphatic heterocycles. The number of aromatic nitrogens is 2. The number of nitrogens with zero attached hydrogens (tertiary/aromatic N) is 2. The molecule has 1 heterocycles. The summed E-state index contributed by atoms with van der Waals surface area (Å²) >= 11 is 0. The predicted octanol–water partition coefficient (Wildman–Crippen LogP) is -0.220. The van der Waals surface area contributed by atoms with Gasteiger partial charge in [-0.3, -0.25) is 14.2 Å². The number of para-hydroxylation sites is 2. The normalized spacial score (nSPS) is 10.6. The van der Waals surface area contributed by atoms with Crippen LogP contribution in [0, 0.1) is 6.92 Å². The van der Waals surface area contributed by atoms with E-state index in [1.165, 1.54) is 4.57 Å². The van der Waals surface area contributed by atoms with Crippen LogP contribution >= 0.6 is 0 Å². The van der Waals surface area contributed by atoms with Gasteiger partial charge >= 0.3 is 0 Å². The maximum Gasteiger partial charge on any atom is 0.272 e. The van der Waals surface area contributed by atoms with Gasteiger partial charge in [0.25, 0.3) is 5.56 Å². The fourth-order valence-corrected chi connectivity index (χ4v) is 1.89. The quantitative estimate of drug-likeness (QED) is 0.795. The highest BCUT2D eigenvalue weighted by molar-refractivity contribution is 5.80. The summed E-state index contributed by atoms with van der Waals surface area (Å²) in [6.45, 7) is 2.39. The topological polar surface area (TPSA) is 90.0 Å². The van der Waals surface area contributed by atoms with Crippen LogP contribution in [0.5, 0.6) is 0 Å². The molecule has 3 N–H and O–H groups in total. The lowest BCUT2D eigenvalue weighted by Gasteiger charge is -2.10. The number of amides is 1. The van der Waals surface area contributed by atoms with E-state index in [1.807, 2.05) is 18.2 Å². The van der Waals surface area contributed by atoms with Gasteiger partial charge < -0.3 is 11.1 Å². The lowest BCUT2D eigenvalue weighted by Crippen LogP contribution is -2.35. The maximum absolute atomic E-state index is 12.1. The molecule has 0 atom stereocenters. The summed E-state index contributed by atoms with van der Waals surface area (Å²) in [5.74, 6) is -0.233. The molecule has 1 amide bonds. The molecule has 6 heteroatoms. The third-order valence-corrected chi connectivity index (χ3v) is 2.78. The van der Waals surface area contributed by atoms with Crippen LogP contribution < -0.4 is 16.6 Å². The van der Waals surface area contributed by atoms with Gasteiger partial charge in [0.05, 0.1) is 11.0 Å². The lowest BCUT2D eigenvalue weighted by atomic mass is 10.2. The number of hydrogen-bond donors (Lipinski definition) is 2. The third-order valence-electron chi connectivity index (χ3n) is 2.78. The van der Waals surface area contributed by atoms with Gasteiger partial charge in [0.1, 0.15) is 12.2 Å². The molecule has 100 valence electrons. The molecule has 0 unspecified atom stereocenters. The first-order chi connectivity index (χ1) is 9.13. The smallest absolute Gasteiger partial charge is 0.272 e. The number of nitrogens with two attached hydrogens (primary N) is 1. The molecule has 2 aromatic rings. The number of fused-ring (bicyclic) bond motifs is 1. The molecule has 1 aromatic carbocycles. The average Bonchev–Trinajstić information content (AvgIpc) is 2.41. The van der Waals surface area contributed by atoms with E-state index in [-0.39, 0.29) is 18.0 Å². The van der Waals surface area contributed by atoms with Crippen molar-refractivity contribution in [3.8, 4) is 0 Å². The third kappa shape index (κ3) is 2.79. The number of rotatable bonds is 4. The standard InChI is InChI=1S/C13H16N4O2/c1-9-13(19)17(8-12(18)15-7-6-14)11-5-3-2-4-10(11)16-9/h2-5H,6-8,14H2,1H3,(H,15,18). The van der Waals surface area contributed by atoms with E-state index in [1.54, 1.807) is 13.0 Å². The minimum atomic E-state index is -0.249. The Hall–Kier alpha value is -2.21. The van der Waals surface area contributed by atoms with Gasteiger partial charge in [-0.2, -0.15) is 0 Å². The minimum Gasteiger partial charge on any atom is -0.353 e. The van der Waals surface area contributed by atoms with Gasteiger partial charge in [-0.15, -0.1) is 0 Å². The summed E-state index contributed by atoms with van der Waals surface area (Å²) < 4.78 is 1.43. The van der Waals surface area contributed by atoms with Crippen molar-refractivity contribution in [3.05, 3.63) is 40.3 Å². The van der Waals surface area contributed by atoms with Crippen LogP contribution in [0.3, 0.4) is 0 Å². The van der Waals surface area contributed by atoms with E-state index >= 15 is 0 Å². The highest BCUT2D eigenvalue weighted by atomic mass is 16.2. The predicted molar refractivity (Wildman–Crippen MR) is 72.8 cm³/mol. The van der Waals surface area contributed by atoms with E-state index in [0.29, 0.717) is 29.8 Å². The summed E-state index contributed by atoms with van der Waals surface area (Å²) in [6, 6.07) is 7.25. The van der Waals surface area contributed by atoms with Gasteiger partial charge in [0.15, 0.2) is 0 Å². The molecule has 0 aliphatic carbocycles. The number of hydrogen-bond acceptors (Lipinski definition) is 4. The fourth-order valence-electron chi connectivity index (χ4n) is 1.89. The van der Waals surface area contributed by atoms with Crippen molar-refractivity contribution in [2.24, 2.45) is 5.73 Å². The minimum absolute atomic E-state index is 0.0251. The second-order valence-electron chi connectivity index (χ2n) is 4.22. The Morgan fingerprint density at radius 2 is 2.16 bits per heavy atom. The first kappa shape index (κ1) is 13.2. The number of carbonyl (C=O) groups excluding carboxylic acids is 1. The van der Waals surface area contributed by atoms with Crippen molar-refractivity contribution >= 4 is 16.9 Å². The van der Waals surface area contributed by atoms with E-state index < -0.39 is 0 Å². The molecular formula is C13H16N4O2. The first-order valence-electron chi connectivity index (χ1n) is 6.06. The lowest BCUT2D eigenvalue weighted by molar-refractivity contribution is -0.121. The van der Waals surface area contributed by atoms with Crippen LogP contribution in [-0.2, 0) is 11.3 Å². The number of carbonyl (C=O) groups is 1. The van der Waals surface area contributed by atoms with Gasteiger partial charge in [-0.25, -0.2) is 4.98 Å². The Labute approximate surface area is 110 Å². The molecule has 19 heavy (non-hydrogen) atoms. The molecule has 0 aliphatic rings. The van der Waals surface area contributed by atoms with E-state index in [2.05, 4.69) is 10.3 Å². The molecule has 0 fully saturated rings. The van der Waals surface area contributed by atoms with Crippen LogP contribution in [0.15, 0.2) is 29.1 Å². The second-order valence-corrected chi connectivity index (χ2v) is 4.22. The van der Waals surface area contributed by atoms with Crippen molar-refractivity contribution in [2.45, 2.75) is 13.5 Å². The van der Waals surface area contributed by atoms with Crippen LogP contribution in [0.1, 0.15) is 5.69 Å². The molecule has 0 saturated heterocycles. The molecular weight excluding hydrogens is 244 g/mol. The molecule has 1 aromatic heterocycles. The van der Waals surface area contributed by atoms with Gasteiger partial charge in [-0.05, 0) is 19.1 Å². The number of nitrogens with one attached hydrogen (secondary N) is 1. The van der Waals surface area contributed by atoms with Crippen molar-refractivity contribution in [3.63, 3.8) is 0 Å². The number of benzene rings is 1. The van der Waals surface area contributed by atoms with Crippen molar-refractivity contribution in [2.75, 3.05) is 13.1 Å². The monoisotopic (exact) mass is 260 g/mol. The summed E-state index contributed by atoms with van der Waals surface area (Å²) in [5.41, 5.74) is 6.81. The Morgan fingerprint density at radius 3 is 2.89 bits per heavy atom. The highest BCUT2D eigenvalue weighted by Gasteiger charge is 2.10. The molecule has 6 nitrogen and oxygen atoms in total. The fraction of sp³-hybridized carbons (Fsp3) is 0.308. The Morgan fingerprint density at radius 1 is 1.42 bits per heavy atom. The zero-order valence-electron chi connectivity index (χ0n) is 10.7. The average molecular weight is 260 g/mol. The van der Waals surface area contributed by atoms with E-state index in [4.69, 9.17) is 5.73 Å². The summed E-state index contributed by atoms with van der Waals surface area (Å²) in [6.07, 6.45) is 0. The van der Waals surface area contributed by atoms with Gasteiger partial charge in [0, 0.05) is 13.1 Å². The molecule has 0 saturated carbocycles. The Balaban J connectivity index is 2.43. The number of aryl methyl sites for hydroxylation is 1. The van der Waals surface area contributed by atoms with Gasteiger partial charge in [-0.1, -0.05) is 12.1 Å². The molecule has 0 radical (unpaired) electrons. The summed E-state index contributed by atoms with van der Waals surface area (Å²) in [5, 5.41) is 2.65. The van der Waals surface area contributed by atoms with Gasteiger partial charge in [0.2, 0.25) is 5.91 Å². The molecule has 0 bridgehead atoms. The van der Waals surface area contributed by atoms with Crippen LogP contribution in [0.2, 0.25) is 0 Å². The van der Waals surface area contributed by atoms with E-state index in [9.17, 15) is 9.59 Å². The zero-order chi connectivity index (χ0) is 13.8. The largest absolute Gasteiger partial charge is 0.353 e. The second kappa shape index (κ2) is 5.62. The van der Waals surface area contributed by atoms with Crippen molar-refractivity contribution in [1.29, 1.82) is 0 Å². The van der Waals surface area contributed by atoms with Crippen molar-refractivity contribution in [1.82, 2.24) is 14.9 Å². The van der Waals surface area contributed by atoms with Crippen LogP contribution in [0.4, 0.5) is 0 Å². The zero-order valence-corrected chi connectivity index (χ0v) is 10.7. The van der Waals surface area contributed by atoms with E-state index in [0.717, 1.165) is 0 Å². The molecule has 2 rings (SSSR count). The summed E-state index contributed by atoms with van der Waals surface area (Å²) in [4.78, 5) is 28.0. The first-order valence-corrected chi connectivity index (χ1v) is 6.06. The molecule has 0 spiro atoms.